The zero-order valence-electron chi connectivity index (χ0n) is 17.7. The molecule has 2 aromatic heterocycles. The molecule has 164 valence electrons. The lowest BCUT2D eigenvalue weighted by Gasteiger charge is -2.16. The van der Waals surface area contributed by atoms with Gasteiger partial charge in [-0.15, -0.1) is 0 Å². The SMILES string of the molecule is COc1ccc(Nc2nccc(NCc3ccon3)n2)cc1OCCCN1CCCC1. The summed E-state index contributed by atoms with van der Waals surface area (Å²) < 4.78 is 16.3. The smallest absolute Gasteiger partial charge is 0.229 e. The highest BCUT2D eigenvalue weighted by Gasteiger charge is 2.12. The molecule has 0 unspecified atom stereocenters. The van der Waals surface area contributed by atoms with Crippen LogP contribution in [-0.2, 0) is 6.54 Å². The lowest BCUT2D eigenvalue weighted by atomic mass is 10.2. The van der Waals surface area contributed by atoms with Gasteiger partial charge in [0.2, 0.25) is 5.95 Å². The highest BCUT2D eigenvalue weighted by molar-refractivity contribution is 5.60. The van der Waals surface area contributed by atoms with Gasteiger partial charge < -0.3 is 29.5 Å². The summed E-state index contributed by atoms with van der Waals surface area (Å²) in [6, 6.07) is 9.30. The number of hydrogen-bond acceptors (Lipinski definition) is 9. The van der Waals surface area contributed by atoms with Crippen molar-refractivity contribution in [1.82, 2.24) is 20.0 Å². The first kappa shape index (κ1) is 20.9. The zero-order chi connectivity index (χ0) is 21.3. The second-order valence-corrected chi connectivity index (χ2v) is 7.35. The van der Waals surface area contributed by atoms with Crippen molar-refractivity contribution in [3.8, 4) is 11.5 Å². The van der Waals surface area contributed by atoms with Gasteiger partial charge in [-0.2, -0.15) is 4.98 Å². The minimum absolute atomic E-state index is 0.482. The van der Waals surface area contributed by atoms with E-state index < -0.39 is 0 Å². The third-order valence-electron chi connectivity index (χ3n) is 5.09. The number of anilines is 3. The van der Waals surface area contributed by atoms with Crippen molar-refractivity contribution in [3.63, 3.8) is 0 Å². The molecule has 2 N–H and O–H groups in total. The van der Waals surface area contributed by atoms with E-state index in [0.717, 1.165) is 24.3 Å². The predicted molar refractivity (Wildman–Crippen MR) is 118 cm³/mol. The Balaban J connectivity index is 1.34. The van der Waals surface area contributed by atoms with Crippen LogP contribution in [0.5, 0.6) is 11.5 Å². The van der Waals surface area contributed by atoms with Gasteiger partial charge in [0, 0.05) is 30.6 Å². The van der Waals surface area contributed by atoms with Gasteiger partial charge in [-0.25, -0.2) is 4.98 Å². The summed E-state index contributed by atoms with van der Waals surface area (Å²) in [6.07, 6.45) is 6.84. The molecule has 4 rings (SSSR count). The van der Waals surface area contributed by atoms with E-state index in [4.69, 9.17) is 14.0 Å². The molecular formula is C22H28N6O3. The normalized spacial score (nSPS) is 13.8. The number of benzene rings is 1. The Morgan fingerprint density at radius 1 is 1.13 bits per heavy atom. The molecule has 3 aromatic rings. The number of aromatic nitrogens is 3. The number of rotatable bonds is 11. The molecular weight excluding hydrogens is 396 g/mol. The molecule has 0 atom stereocenters. The number of likely N-dealkylation sites (tertiary alicyclic amines) is 1. The number of nitrogens with one attached hydrogen (secondary N) is 2. The first-order chi connectivity index (χ1) is 15.3. The highest BCUT2D eigenvalue weighted by atomic mass is 16.5. The number of nitrogens with zero attached hydrogens (tertiary/aromatic N) is 4. The fourth-order valence-electron chi connectivity index (χ4n) is 3.50. The summed E-state index contributed by atoms with van der Waals surface area (Å²) in [6.45, 7) is 4.64. The van der Waals surface area contributed by atoms with Crippen LogP contribution in [0.25, 0.3) is 0 Å². The Kier molecular flexibility index (Phi) is 7.17. The summed E-state index contributed by atoms with van der Waals surface area (Å²) in [5.41, 5.74) is 1.62. The summed E-state index contributed by atoms with van der Waals surface area (Å²) in [4.78, 5) is 11.3. The maximum Gasteiger partial charge on any atom is 0.229 e. The third-order valence-corrected chi connectivity index (χ3v) is 5.09. The van der Waals surface area contributed by atoms with Crippen LogP contribution in [0.4, 0.5) is 17.5 Å². The van der Waals surface area contributed by atoms with E-state index in [9.17, 15) is 0 Å². The largest absolute Gasteiger partial charge is 0.493 e. The minimum atomic E-state index is 0.482. The van der Waals surface area contributed by atoms with Crippen molar-refractivity contribution in [3.05, 3.63) is 48.5 Å². The molecule has 1 aliphatic heterocycles. The number of ether oxygens (including phenoxy) is 2. The van der Waals surface area contributed by atoms with E-state index in [0.29, 0.717) is 36.4 Å². The zero-order valence-corrected chi connectivity index (χ0v) is 17.7. The van der Waals surface area contributed by atoms with E-state index in [-0.39, 0.29) is 0 Å². The van der Waals surface area contributed by atoms with E-state index in [1.807, 2.05) is 18.2 Å². The summed E-state index contributed by atoms with van der Waals surface area (Å²) in [7, 11) is 1.65. The molecule has 0 saturated carbocycles. The molecule has 9 nitrogen and oxygen atoms in total. The third kappa shape index (κ3) is 6.08. The van der Waals surface area contributed by atoms with E-state index in [1.165, 1.54) is 25.9 Å². The number of hydrogen-bond donors (Lipinski definition) is 2. The molecule has 1 saturated heterocycles. The number of methoxy groups -OCH3 is 1. The average molecular weight is 425 g/mol. The Hall–Kier alpha value is -3.33. The van der Waals surface area contributed by atoms with Crippen molar-refractivity contribution in [2.75, 3.05) is 44.0 Å². The molecule has 0 bridgehead atoms. The Bertz CT molecular complexity index is 944. The summed E-state index contributed by atoms with van der Waals surface area (Å²) >= 11 is 0. The van der Waals surface area contributed by atoms with Crippen LogP contribution in [0, 0.1) is 0 Å². The van der Waals surface area contributed by atoms with Crippen LogP contribution < -0.4 is 20.1 Å². The van der Waals surface area contributed by atoms with Crippen molar-refractivity contribution in [2.45, 2.75) is 25.8 Å². The van der Waals surface area contributed by atoms with Crippen molar-refractivity contribution < 1.29 is 14.0 Å². The van der Waals surface area contributed by atoms with Crippen LogP contribution >= 0.6 is 0 Å². The van der Waals surface area contributed by atoms with Crippen molar-refractivity contribution >= 4 is 17.5 Å². The fourth-order valence-corrected chi connectivity index (χ4v) is 3.50. The van der Waals surface area contributed by atoms with Gasteiger partial charge in [-0.3, -0.25) is 0 Å². The molecule has 31 heavy (non-hydrogen) atoms. The Morgan fingerprint density at radius 3 is 2.84 bits per heavy atom. The first-order valence-electron chi connectivity index (χ1n) is 10.6. The van der Waals surface area contributed by atoms with Gasteiger partial charge in [0.1, 0.15) is 17.8 Å². The summed E-state index contributed by atoms with van der Waals surface area (Å²) in [5.74, 6) is 2.58. The monoisotopic (exact) mass is 424 g/mol. The second kappa shape index (κ2) is 10.6. The molecule has 1 fully saturated rings. The molecule has 0 amide bonds. The lowest BCUT2D eigenvalue weighted by Crippen LogP contribution is -2.21. The molecule has 0 radical (unpaired) electrons. The van der Waals surface area contributed by atoms with Crippen LogP contribution in [-0.4, -0.2) is 53.4 Å². The van der Waals surface area contributed by atoms with E-state index in [2.05, 4.69) is 30.7 Å². The molecule has 1 aliphatic rings. The molecule has 9 heteroatoms. The van der Waals surface area contributed by atoms with E-state index >= 15 is 0 Å². The van der Waals surface area contributed by atoms with Gasteiger partial charge in [0.15, 0.2) is 11.5 Å². The highest BCUT2D eigenvalue weighted by Crippen LogP contribution is 2.31. The van der Waals surface area contributed by atoms with Crippen molar-refractivity contribution in [1.29, 1.82) is 0 Å². The molecule has 0 aliphatic carbocycles. The first-order valence-corrected chi connectivity index (χ1v) is 10.6. The molecule has 3 heterocycles. The van der Waals surface area contributed by atoms with Crippen LogP contribution in [0.1, 0.15) is 25.0 Å². The van der Waals surface area contributed by atoms with Gasteiger partial charge >= 0.3 is 0 Å². The minimum Gasteiger partial charge on any atom is -0.493 e. The maximum atomic E-state index is 6.01. The van der Waals surface area contributed by atoms with Crippen LogP contribution in [0.3, 0.4) is 0 Å². The van der Waals surface area contributed by atoms with Gasteiger partial charge in [0.05, 0.1) is 20.3 Å². The average Bonchev–Trinajstić information content (AvgIpc) is 3.50. The van der Waals surface area contributed by atoms with Gasteiger partial charge in [-0.1, -0.05) is 5.16 Å². The Labute approximate surface area is 181 Å². The fraction of sp³-hybridized carbons (Fsp3) is 0.409. The topological polar surface area (TPSA) is 97.6 Å². The maximum absolute atomic E-state index is 6.01. The predicted octanol–water partition coefficient (Wildman–Crippen LogP) is 3.69. The quantitative estimate of drug-likeness (QED) is 0.447. The Morgan fingerprint density at radius 2 is 2.03 bits per heavy atom. The van der Waals surface area contributed by atoms with Crippen LogP contribution in [0.15, 0.2) is 47.3 Å². The van der Waals surface area contributed by atoms with Crippen LogP contribution in [0.2, 0.25) is 0 Å². The van der Waals surface area contributed by atoms with E-state index in [1.54, 1.807) is 31.7 Å². The summed E-state index contributed by atoms with van der Waals surface area (Å²) in [5, 5.41) is 10.3. The van der Waals surface area contributed by atoms with Gasteiger partial charge in [0.25, 0.3) is 0 Å². The second-order valence-electron chi connectivity index (χ2n) is 7.35. The standard InChI is InChI=1S/C22H28N6O3/c1-29-19-6-5-17(15-20(19)30-13-4-12-28-10-2-3-11-28)25-22-23-9-7-21(26-22)24-16-18-8-14-31-27-18/h5-9,14-15H,2-4,10-13,16H2,1H3,(H2,23,24,25,26). The molecule has 1 aromatic carbocycles. The lowest BCUT2D eigenvalue weighted by molar-refractivity contribution is 0.254. The molecule has 0 spiro atoms. The van der Waals surface area contributed by atoms with Gasteiger partial charge in [-0.05, 0) is 50.6 Å². The van der Waals surface area contributed by atoms with Crippen molar-refractivity contribution in [2.24, 2.45) is 0 Å².